The summed E-state index contributed by atoms with van der Waals surface area (Å²) in [4.78, 5) is 12.7. The van der Waals surface area contributed by atoms with Gasteiger partial charge in [0.15, 0.2) is 0 Å². The third kappa shape index (κ3) is 4.74. The number of hydrogen-bond donors (Lipinski definition) is 2. The normalized spacial score (nSPS) is 12.8. The zero-order chi connectivity index (χ0) is 16.8. The Morgan fingerprint density at radius 3 is 2.57 bits per heavy atom. The number of anilines is 1. The van der Waals surface area contributed by atoms with E-state index in [1.54, 1.807) is 18.2 Å². The first kappa shape index (κ1) is 17.4. The van der Waals surface area contributed by atoms with Gasteiger partial charge in [-0.25, -0.2) is 9.18 Å². The number of thiophene rings is 1. The predicted octanol–water partition coefficient (Wildman–Crippen LogP) is 3.82. The quantitative estimate of drug-likeness (QED) is 0.647. The molecule has 2 aromatic rings. The molecular formula is C16H17FN2O2S2. The average Bonchev–Trinajstić information content (AvgIpc) is 3.26. The molecule has 0 spiro atoms. The van der Waals surface area contributed by atoms with Crippen LogP contribution < -0.4 is 11.1 Å². The minimum absolute atomic E-state index is 0.269. The first-order chi connectivity index (χ1) is 11.1. The Kier molecular flexibility index (Phi) is 6.06. The smallest absolute Gasteiger partial charge is 0.340 e. The molecule has 0 aliphatic heterocycles. The van der Waals surface area contributed by atoms with E-state index in [4.69, 9.17) is 4.74 Å². The second-order valence-corrected chi connectivity index (χ2v) is 6.23. The van der Waals surface area contributed by atoms with E-state index >= 15 is 0 Å². The Labute approximate surface area is 143 Å². The summed E-state index contributed by atoms with van der Waals surface area (Å²) in [5.74, 6) is -0.618. The van der Waals surface area contributed by atoms with E-state index in [0.717, 1.165) is 33.8 Å². The van der Waals surface area contributed by atoms with Crippen molar-refractivity contribution in [2.45, 2.75) is 18.9 Å². The minimum atomic E-state index is -0.349. The van der Waals surface area contributed by atoms with E-state index in [1.165, 1.54) is 30.6 Å². The number of ether oxygens (including phenoxy) is 1. The number of nitrogens with two attached hydrogens (primary N) is 1. The van der Waals surface area contributed by atoms with Crippen molar-refractivity contribution in [3.8, 4) is 10.4 Å². The number of thiocarbonyl (C=S) groups is 1. The molecule has 122 valence electrons. The van der Waals surface area contributed by atoms with E-state index in [1.807, 2.05) is 0 Å². The van der Waals surface area contributed by atoms with Crippen molar-refractivity contribution in [1.29, 1.82) is 0 Å². The van der Waals surface area contributed by atoms with Crippen molar-refractivity contribution in [2.24, 2.45) is 5.73 Å². The monoisotopic (exact) mass is 352 g/mol. The molecule has 0 bridgehead atoms. The SMILES string of the molecule is COC(=O)c1cc(-c2ccc(F)cc2)sc1NC1CC1.NC=S. The molecule has 1 fully saturated rings. The van der Waals surface area contributed by atoms with Gasteiger partial charge in [0.2, 0.25) is 0 Å². The zero-order valence-electron chi connectivity index (χ0n) is 12.5. The summed E-state index contributed by atoms with van der Waals surface area (Å²) in [5, 5.41) is 4.18. The topological polar surface area (TPSA) is 64.3 Å². The molecule has 1 heterocycles. The van der Waals surface area contributed by atoms with Gasteiger partial charge in [0, 0.05) is 10.9 Å². The Hall–Kier alpha value is -1.99. The van der Waals surface area contributed by atoms with Crippen molar-refractivity contribution < 1.29 is 13.9 Å². The van der Waals surface area contributed by atoms with Crippen molar-refractivity contribution >= 4 is 40.0 Å². The van der Waals surface area contributed by atoms with Crippen LogP contribution in [0, 0.1) is 5.82 Å². The van der Waals surface area contributed by atoms with Crippen LogP contribution in [0.4, 0.5) is 9.39 Å². The lowest BCUT2D eigenvalue weighted by atomic mass is 10.1. The Morgan fingerprint density at radius 2 is 2.04 bits per heavy atom. The standard InChI is InChI=1S/C15H14FNO2S.CH3NS/c1-19-15(18)12-8-13(9-2-4-10(16)5-3-9)20-14(12)17-11-6-7-11;2-1-3/h2-5,8,11,17H,6-7H2,1H3;1H,(H2,2,3). The van der Waals surface area contributed by atoms with Crippen LogP contribution in [0.2, 0.25) is 0 Å². The van der Waals surface area contributed by atoms with E-state index in [-0.39, 0.29) is 11.8 Å². The summed E-state index contributed by atoms with van der Waals surface area (Å²) in [6.45, 7) is 0. The molecular weight excluding hydrogens is 335 g/mol. The number of halogens is 1. The van der Waals surface area contributed by atoms with Crippen LogP contribution in [0.25, 0.3) is 10.4 Å². The van der Waals surface area contributed by atoms with E-state index in [9.17, 15) is 9.18 Å². The number of carbonyl (C=O) groups excluding carboxylic acids is 1. The molecule has 7 heteroatoms. The van der Waals surface area contributed by atoms with E-state index < -0.39 is 0 Å². The maximum Gasteiger partial charge on any atom is 0.340 e. The lowest BCUT2D eigenvalue weighted by Gasteiger charge is -2.03. The molecule has 3 rings (SSSR count). The number of hydrogen-bond acceptors (Lipinski definition) is 5. The molecule has 0 amide bonds. The third-order valence-electron chi connectivity index (χ3n) is 3.18. The highest BCUT2D eigenvalue weighted by atomic mass is 32.1. The Morgan fingerprint density at radius 1 is 1.43 bits per heavy atom. The summed E-state index contributed by atoms with van der Waals surface area (Å²) >= 11 is 5.54. The third-order valence-corrected chi connectivity index (χ3v) is 4.29. The van der Waals surface area contributed by atoms with Crippen molar-refractivity contribution in [1.82, 2.24) is 0 Å². The summed E-state index contributed by atoms with van der Waals surface area (Å²) < 4.78 is 17.8. The summed E-state index contributed by atoms with van der Waals surface area (Å²) in [6.07, 6.45) is 2.26. The van der Waals surface area contributed by atoms with Crippen molar-refractivity contribution in [2.75, 3.05) is 12.4 Å². The van der Waals surface area contributed by atoms with Gasteiger partial charge in [-0.05, 0) is 36.6 Å². The predicted molar refractivity (Wildman–Crippen MR) is 95.5 cm³/mol. The number of esters is 1. The van der Waals surface area contributed by atoms with Crippen molar-refractivity contribution in [3.63, 3.8) is 0 Å². The lowest BCUT2D eigenvalue weighted by molar-refractivity contribution is 0.0602. The zero-order valence-corrected chi connectivity index (χ0v) is 14.2. The van der Waals surface area contributed by atoms with Crippen LogP contribution in [0.15, 0.2) is 30.3 Å². The number of carbonyl (C=O) groups is 1. The van der Waals surface area contributed by atoms with Gasteiger partial charge in [-0.3, -0.25) is 0 Å². The maximum absolute atomic E-state index is 13.0. The van der Waals surface area contributed by atoms with Gasteiger partial charge < -0.3 is 15.8 Å². The van der Waals surface area contributed by atoms with Crippen LogP contribution in [0.1, 0.15) is 23.2 Å². The Bertz CT molecular complexity index is 682. The van der Waals surface area contributed by atoms with Gasteiger partial charge in [-0.2, -0.15) is 0 Å². The first-order valence-corrected chi connectivity index (χ1v) is 8.27. The lowest BCUT2D eigenvalue weighted by Crippen LogP contribution is -2.06. The van der Waals surface area contributed by atoms with Gasteiger partial charge in [-0.1, -0.05) is 24.4 Å². The van der Waals surface area contributed by atoms with Gasteiger partial charge in [0.05, 0.1) is 18.2 Å². The van der Waals surface area contributed by atoms with E-state index in [2.05, 4.69) is 23.3 Å². The molecule has 1 aliphatic rings. The summed E-state index contributed by atoms with van der Waals surface area (Å²) in [5.41, 5.74) is 7.06. The molecule has 0 atom stereocenters. The highest BCUT2D eigenvalue weighted by Gasteiger charge is 2.25. The molecule has 0 saturated heterocycles. The fraction of sp³-hybridized carbons (Fsp3) is 0.250. The fourth-order valence-electron chi connectivity index (χ4n) is 1.93. The second-order valence-electron chi connectivity index (χ2n) is 4.91. The summed E-state index contributed by atoms with van der Waals surface area (Å²) in [6, 6.07) is 8.51. The highest BCUT2D eigenvalue weighted by molar-refractivity contribution is 7.78. The number of benzene rings is 1. The number of methoxy groups -OCH3 is 1. The molecule has 0 unspecified atom stereocenters. The largest absolute Gasteiger partial charge is 0.465 e. The maximum atomic E-state index is 13.0. The number of nitrogens with one attached hydrogen (secondary N) is 1. The van der Waals surface area contributed by atoms with Gasteiger partial charge >= 0.3 is 5.97 Å². The summed E-state index contributed by atoms with van der Waals surface area (Å²) in [7, 11) is 1.37. The van der Waals surface area contributed by atoms with Gasteiger partial charge in [0.25, 0.3) is 0 Å². The highest BCUT2D eigenvalue weighted by Crippen LogP contribution is 2.38. The molecule has 1 saturated carbocycles. The average molecular weight is 352 g/mol. The van der Waals surface area contributed by atoms with Crippen molar-refractivity contribution in [3.05, 3.63) is 41.7 Å². The molecule has 23 heavy (non-hydrogen) atoms. The molecule has 1 aromatic carbocycles. The molecule has 1 aromatic heterocycles. The molecule has 3 N–H and O–H groups in total. The van der Waals surface area contributed by atoms with Crippen LogP contribution >= 0.6 is 23.6 Å². The van der Waals surface area contributed by atoms with Crippen LogP contribution in [-0.4, -0.2) is 24.6 Å². The van der Waals surface area contributed by atoms with Crippen LogP contribution in [0.3, 0.4) is 0 Å². The molecule has 1 aliphatic carbocycles. The fourth-order valence-corrected chi connectivity index (χ4v) is 3.06. The van der Waals surface area contributed by atoms with Gasteiger partial charge in [0.1, 0.15) is 10.8 Å². The first-order valence-electron chi connectivity index (χ1n) is 6.99. The van der Waals surface area contributed by atoms with Gasteiger partial charge in [-0.15, -0.1) is 11.3 Å². The molecule has 0 radical (unpaired) electrons. The van der Waals surface area contributed by atoms with Crippen LogP contribution in [-0.2, 0) is 4.74 Å². The second kappa shape index (κ2) is 8.03. The minimum Gasteiger partial charge on any atom is -0.465 e. The molecule has 4 nitrogen and oxygen atoms in total. The number of rotatable bonds is 4. The Balaban J connectivity index is 0.000000595. The van der Waals surface area contributed by atoms with E-state index in [0.29, 0.717) is 11.6 Å². The van der Waals surface area contributed by atoms with Crippen LogP contribution in [0.5, 0.6) is 0 Å².